The molecule has 5 bridgehead atoms. The largest absolute Gasteiger partial charge is 0.460 e. The number of aliphatic hydroxyl groups is 2. The monoisotopic (exact) mass is 910 g/mol. The summed E-state index contributed by atoms with van der Waals surface area (Å²) >= 11 is 0. The highest BCUT2D eigenvalue weighted by molar-refractivity contribution is 6.39. The van der Waals surface area contributed by atoms with Crippen LogP contribution in [0.5, 0.6) is 0 Å². The first-order valence-electron chi connectivity index (χ1n) is 24.3. The molecule has 0 aromatic heterocycles. The molecule has 5 rings (SSSR count). The number of carbonyl (C=O) groups excluding carboxylic acids is 5. The van der Waals surface area contributed by atoms with Gasteiger partial charge < -0.3 is 38.8 Å². The Morgan fingerprint density at radius 3 is 2.25 bits per heavy atom. The van der Waals surface area contributed by atoms with Crippen molar-refractivity contribution in [2.45, 2.75) is 174 Å². The molecule has 364 valence electrons. The van der Waals surface area contributed by atoms with E-state index in [0.29, 0.717) is 62.4 Å². The number of hydrogen-bond donors (Lipinski definition) is 2. The third-order valence-electron chi connectivity index (χ3n) is 15.5. The van der Waals surface area contributed by atoms with E-state index in [4.69, 9.17) is 23.7 Å². The lowest BCUT2D eigenvalue weighted by Gasteiger charge is -2.45. The molecule has 0 radical (unpaired) electrons. The Kier molecular flexibility index (Phi) is 19.1. The van der Waals surface area contributed by atoms with Crippen LogP contribution < -0.4 is 0 Å². The highest BCUT2D eigenvalue weighted by atomic mass is 16.6. The van der Waals surface area contributed by atoms with Gasteiger partial charge in [-0.25, -0.2) is 4.79 Å². The minimum atomic E-state index is -2.40. The van der Waals surface area contributed by atoms with Gasteiger partial charge >= 0.3 is 5.97 Å². The fourth-order valence-electron chi connectivity index (χ4n) is 11.2. The highest BCUT2D eigenvalue weighted by Crippen LogP contribution is 2.42. The lowest BCUT2D eigenvalue weighted by Crippen LogP contribution is -2.61. The maximum atomic E-state index is 14.4. The number of ketones is 3. The average molecular weight is 910 g/mol. The summed E-state index contributed by atoms with van der Waals surface area (Å²) in [6.07, 6.45) is 14.1. The number of rotatable bonds is 5. The van der Waals surface area contributed by atoms with Gasteiger partial charge in [0.2, 0.25) is 5.79 Å². The van der Waals surface area contributed by atoms with Crippen LogP contribution in [0.15, 0.2) is 47.6 Å². The molecule has 5 aliphatic rings. The van der Waals surface area contributed by atoms with Gasteiger partial charge in [0.15, 0.2) is 5.78 Å². The molecular weight excluding hydrogens is 831 g/mol. The fourth-order valence-corrected chi connectivity index (χ4v) is 11.2. The van der Waals surface area contributed by atoms with Crippen LogP contribution in [0.2, 0.25) is 0 Å². The zero-order chi connectivity index (χ0) is 47.7. The molecule has 4 fully saturated rings. The van der Waals surface area contributed by atoms with E-state index in [9.17, 15) is 34.2 Å². The second-order valence-electron chi connectivity index (χ2n) is 20.4. The number of nitrogens with zero attached hydrogens (tertiary/aromatic N) is 1. The maximum Gasteiger partial charge on any atom is 0.329 e. The van der Waals surface area contributed by atoms with Crippen LogP contribution in [0.3, 0.4) is 0 Å². The second-order valence-corrected chi connectivity index (χ2v) is 20.4. The highest BCUT2D eigenvalue weighted by Gasteiger charge is 2.54. The summed E-state index contributed by atoms with van der Waals surface area (Å²) in [6, 6.07) is -1.08. The quantitative estimate of drug-likeness (QED) is 0.164. The van der Waals surface area contributed by atoms with Gasteiger partial charge in [-0.15, -0.1) is 0 Å². The molecule has 4 aliphatic heterocycles. The molecule has 13 nitrogen and oxygen atoms in total. The smallest absolute Gasteiger partial charge is 0.329 e. The summed E-state index contributed by atoms with van der Waals surface area (Å²) in [5.41, 5.74) is 1.31. The molecule has 16 atom stereocenters. The van der Waals surface area contributed by atoms with Gasteiger partial charge in [0.1, 0.15) is 30.1 Å². The van der Waals surface area contributed by atoms with Crippen LogP contribution in [0, 0.1) is 47.3 Å². The molecule has 2 N–H and O–H groups in total. The van der Waals surface area contributed by atoms with Crippen molar-refractivity contribution < 1.29 is 57.9 Å². The van der Waals surface area contributed by atoms with Gasteiger partial charge in [-0.2, -0.15) is 0 Å². The van der Waals surface area contributed by atoms with E-state index in [1.807, 2.05) is 51.2 Å². The SMILES string of the molecule is COC1C[C@H](CC2CC3CCN4C(=O)C(=O)[C@]5(O)O[C@@H](CCC5C)C[C@H](OC)/C(C)=C/C=C/C=C/[C@@H](C)CC(C)C(=O)[C@H](OC)C(O)/C(C)=C/[C@@H](C)C(=O)C[C@@H]2OC(=O)C4C3)CC[C@H]1C. The van der Waals surface area contributed by atoms with Crippen molar-refractivity contribution >= 4 is 29.2 Å². The molecular formula is C52H79NO12. The van der Waals surface area contributed by atoms with Crippen molar-refractivity contribution in [3.8, 4) is 0 Å². The number of methoxy groups -OCH3 is 3. The number of piperidine rings is 1. The second kappa shape index (κ2) is 23.6. The Hall–Kier alpha value is -3.33. The van der Waals surface area contributed by atoms with Crippen LogP contribution in [0.25, 0.3) is 0 Å². The van der Waals surface area contributed by atoms with Crippen molar-refractivity contribution in [2.24, 2.45) is 47.3 Å². The summed E-state index contributed by atoms with van der Waals surface area (Å²) in [7, 11) is 4.73. The predicted octanol–water partition coefficient (Wildman–Crippen LogP) is 7.07. The van der Waals surface area contributed by atoms with Gasteiger partial charge in [0.25, 0.3) is 11.7 Å². The number of ether oxygens (including phenoxy) is 5. The van der Waals surface area contributed by atoms with Crippen molar-refractivity contribution in [3.05, 3.63) is 47.6 Å². The Morgan fingerprint density at radius 1 is 0.815 bits per heavy atom. The lowest BCUT2D eigenvalue weighted by atomic mass is 9.71. The predicted molar refractivity (Wildman–Crippen MR) is 246 cm³/mol. The van der Waals surface area contributed by atoms with Crippen LogP contribution in [0.4, 0.5) is 0 Å². The number of esters is 1. The molecule has 0 aromatic carbocycles. The van der Waals surface area contributed by atoms with Crippen molar-refractivity contribution in [2.75, 3.05) is 27.9 Å². The summed E-state index contributed by atoms with van der Waals surface area (Å²) in [6.45, 7) is 13.2. The van der Waals surface area contributed by atoms with E-state index in [2.05, 4.69) is 6.92 Å². The topological polar surface area (TPSA) is 175 Å². The van der Waals surface area contributed by atoms with E-state index in [-0.39, 0.29) is 48.4 Å². The number of allylic oxidation sites excluding steroid dienone is 6. The fraction of sp³-hybridized carbons (Fsp3) is 0.750. The molecule has 0 spiro atoms. The lowest BCUT2D eigenvalue weighted by molar-refractivity contribution is -0.265. The summed E-state index contributed by atoms with van der Waals surface area (Å²) in [5, 5.41) is 23.4. The number of hydrogen-bond acceptors (Lipinski definition) is 12. The molecule has 4 heterocycles. The minimum absolute atomic E-state index is 0.0220. The van der Waals surface area contributed by atoms with Crippen LogP contribution in [0.1, 0.15) is 126 Å². The molecule has 7 unspecified atom stereocenters. The number of amides is 1. The summed E-state index contributed by atoms with van der Waals surface area (Å²) < 4.78 is 29.8. The number of carbonyl (C=O) groups is 5. The molecule has 0 aromatic rings. The van der Waals surface area contributed by atoms with E-state index in [1.54, 1.807) is 41.1 Å². The van der Waals surface area contributed by atoms with Crippen LogP contribution in [-0.2, 0) is 47.7 Å². The normalized spacial score (nSPS) is 42.9. The van der Waals surface area contributed by atoms with Gasteiger partial charge in [-0.3, -0.25) is 19.2 Å². The Bertz CT molecular complexity index is 1800. The number of Topliss-reactive ketones (excluding diaryl/α,β-unsaturated/α-hetero) is 3. The zero-order valence-electron chi connectivity index (χ0n) is 40.7. The van der Waals surface area contributed by atoms with Crippen molar-refractivity contribution in [1.29, 1.82) is 0 Å². The Labute approximate surface area is 387 Å². The van der Waals surface area contributed by atoms with E-state index in [0.717, 1.165) is 31.3 Å². The summed E-state index contributed by atoms with van der Waals surface area (Å²) in [4.78, 5) is 72.2. The molecule has 1 amide bonds. The summed E-state index contributed by atoms with van der Waals surface area (Å²) in [5.74, 6) is -6.77. The number of fused-ring (bicyclic) bond motifs is 5. The molecule has 65 heavy (non-hydrogen) atoms. The van der Waals surface area contributed by atoms with Crippen LogP contribution in [-0.4, -0.2) is 121 Å². The van der Waals surface area contributed by atoms with Crippen LogP contribution >= 0.6 is 0 Å². The molecule has 1 saturated carbocycles. The zero-order valence-corrected chi connectivity index (χ0v) is 40.7. The number of aliphatic hydroxyl groups excluding tert-OH is 1. The first-order valence-corrected chi connectivity index (χ1v) is 24.3. The minimum Gasteiger partial charge on any atom is -0.460 e. The van der Waals surface area contributed by atoms with Gasteiger partial charge in [0.05, 0.1) is 18.3 Å². The maximum absolute atomic E-state index is 14.4. The van der Waals surface area contributed by atoms with E-state index >= 15 is 0 Å². The third kappa shape index (κ3) is 13.0. The van der Waals surface area contributed by atoms with Gasteiger partial charge in [-0.05, 0) is 119 Å². The molecule has 1 aliphatic carbocycles. The first kappa shape index (κ1) is 52.6. The average Bonchev–Trinajstić information content (AvgIpc) is 3.27. The molecule has 3 saturated heterocycles. The van der Waals surface area contributed by atoms with Gasteiger partial charge in [-0.1, -0.05) is 71.1 Å². The van der Waals surface area contributed by atoms with E-state index < -0.39 is 77.8 Å². The van der Waals surface area contributed by atoms with Gasteiger partial charge in [0, 0.05) is 58.5 Å². The third-order valence-corrected chi connectivity index (χ3v) is 15.5. The van der Waals surface area contributed by atoms with Crippen molar-refractivity contribution in [1.82, 2.24) is 4.90 Å². The first-order chi connectivity index (χ1) is 30.8. The molecule has 13 heteroatoms. The standard InChI is InChI=1S/C52H79NO12/c1-30-14-12-11-13-15-31(2)44(62-9)28-40-19-17-36(7)52(60,65-40)49(57)50(58)53-21-20-38-25-39(24-37-18-16-32(3)43(27-37)61-8)45(64-51(59)41(53)26-38)29-42(54)33(4)23-35(6)47(56)48(63-10)46(55)34(5)22-30/h11-15,23,30,32-34,36-41,43-45,47-48,56,60H,16-22,24-29H2,1-10H3/b13-11+,14-12+,31-15+,35-23+/t30-,32-,33-,34?,36?,37+,38?,39?,40+,41?,43?,44+,45+,47?,48+,52-/m1/s1. The van der Waals surface area contributed by atoms with Crippen molar-refractivity contribution in [3.63, 3.8) is 0 Å². The Balaban J connectivity index is 1.48. The Morgan fingerprint density at radius 2 is 1.55 bits per heavy atom. The van der Waals surface area contributed by atoms with E-state index in [1.165, 1.54) is 12.0 Å².